The van der Waals surface area contributed by atoms with E-state index in [2.05, 4.69) is 20.7 Å². The van der Waals surface area contributed by atoms with E-state index in [-0.39, 0.29) is 11.9 Å². The quantitative estimate of drug-likeness (QED) is 0.757. The SMILES string of the molecule is O=C(NC1CCCC1CCl)c1cn[nH]n1. The van der Waals surface area contributed by atoms with Crippen LogP contribution in [0.5, 0.6) is 0 Å². The molecule has 0 radical (unpaired) electrons. The molecule has 2 unspecified atom stereocenters. The first kappa shape index (κ1) is 10.4. The van der Waals surface area contributed by atoms with E-state index < -0.39 is 0 Å². The predicted molar refractivity (Wildman–Crippen MR) is 55.7 cm³/mol. The zero-order valence-corrected chi connectivity index (χ0v) is 9.00. The van der Waals surface area contributed by atoms with Gasteiger partial charge in [0.05, 0.1) is 6.20 Å². The molecule has 1 aliphatic carbocycles. The lowest BCUT2D eigenvalue weighted by Crippen LogP contribution is -2.38. The molecule has 1 aromatic heterocycles. The molecule has 1 amide bonds. The van der Waals surface area contributed by atoms with Crippen LogP contribution in [0.1, 0.15) is 29.8 Å². The lowest BCUT2D eigenvalue weighted by atomic mass is 10.1. The summed E-state index contributed by atoms with van der Waals surface area (Å²) in [5, 5.41) is 12.7. The van der Waals surface area contributed by atoms with Crippen LogP contribution in [-0.4, -0.2) is 33.2 Å². The van der Waals surface area contributed by atoms with Gasteiger partial charge in [0.15, 0.2) is 5.69 Å². The van der Waals surface area contributed by atoms with Crippen LogP contribution in [0.2, 0.25) is 0 Å². The van der Waals surface area contributed by atoms with Gasteiger partial charge in [0.1, 0.15) is 0 Å². The van der Waals surface area contributed by atoms with Crippen LogP contribution in [0.3, 0.4) is 0 Å². The second kappa shape index (κ2) is 4.61. The van der Waals surface area contributed by atoms with Gasteiger partial charge in [0.2, 0.25) is 0 Å². The van der Waals surface area contributed by atoms with Crippen molar-refractivity contribution in [1.82, 2.24) is 20.7 Å². The smallest absolute Gasteiger partial charge is 0.273 e. The van der Waals surface area contributed by atoms with E-state index in [4.69, 9.17) is 11.6 Å². The summed E-state index contributed by atoms with van der Waals surface area (Å²) < 4.78 is 0. The van der Waals surface area contributed by atoms with Crippen molar-refractivity contribution in [3.63, 3.8) is 0 Å². The summed E-state index contributed by atoms with van der Waals surface area (Å²) in [5.41, 5.74) is 0.329. The van der Waals surface area contributed by atoms with E-state index in [1.807, 2.05) is 0 Å². The molecule has 1 aromatic rings. The van der Waals surface area contributed by atoms with Crippen LogP contribution < -0.4 is 5.32 Å². The van der Waals surface area contributed by atoms with Gasteiger partial charge in [-0.2, -0.15) is 15.4 Å². The first-order chi connectivity index (χ1) is 7.31. The highest BCUT2D eigenvalue weighted by atomic mass is 35.5. The second-order valence-electron chi connectivity index (χ2n) is 3.78. The first-order valence-electron chi connectivity index (χ1n) is 5.04. The van der Waals surface area contributed by atoms with Crippen molar-refractivity contribution < 1.29 is 4.79 Å². The van der Waals surface area contributed by atoms with Gasteiger partial charge in [-0.3, -0.25) is 4.79 Å². The Morgan fingerprint density at radius 3 is 3.20 bits per heavy atom. The zero-order valence-electron chi connectivity index (χ0n) is 8.24. The maximum atomic E-state index is 11.6. The number of hydrogen-bond acceptors (Lipinski definition) is 3. The molecule has 2 N–H and O–H groups in total. The van der Waals surface area contributed by atoms with Gasteiger partial charge >= 0.3 is 0 Å². The third-order valence-corrected chi connectivity index (χ3v) is 3.22. The lowest BCUT2D eigenvalue weighted by Gasteiger charge is -2.17. The summed E-state index contributed by atoms with van der Waals surface area (Å²) in [6.07, 6.45) is 4.63. The van der Waals surface area contributed by atoms with Crippen LogP contribution in [0.15, 0.2) is 6.20 Å². The fourth-order valence-electron chi connectivity index (χ4n) is 1.96. The van der Waals surface area contributed by atoms with Crippen molar-refractivity contribution in [2.45, 2.75) is 25.3 Å². The van der Waals surface area contributed by atoms with Crippen molar-refractivity contribution in [2.24, 2.45) is 5.92 Å². The summed E-state index contributed by atoms with van der Waals surface area (Å²) in [6, 6.07) is 0.187. The molecular weight excluding hydrogens is 216 g/mol. The Hall–Kier alpha value is -1.10. The second-order valence-corrected chi connectivity index (χ2v) is 4.09. The van der Waals surface area contributed by atoms with Crippen LogP contribution >= 0.6 is 11.6 Å². The fraction of sp³-hybridized carbons (Fsp3) is 0.667. The average Bonchev–Trinajstić information content (AvgIpc) is 2.87. The van der Waals surface area contributed by atoms with Crippen molar-refractivity contribution in [1.29, 1.82) is 0 Å². The zero-order chi connectivity index (χ0) is 10.7. The highest BCUT2D eigenvalue weighted by Crippen LogP contribution is 2.26. The molecule has 1 saturated carbocycles. The van der Waals surface area contributed by atoms with Gasteiger partial charge < -0.3 is 5.32 Å². The number of rotatable bonds is 3. The molecule has 0 aromatic carbocycles. The van der Waals surface area contributed by atoms with Crippen LogP contribution in [0, 0.1) is 5.92 Å². The number of alkyl halides is 1. The lowest BCUT2D eigenvalue weighted by molar-refractivity contribution is 0.0925. The average molecular weight is 229 g/mol. The Bertz CT molecular complexity index is 327. The molecule has 0 spiro atoms. The number of halogens is 1. The summed E-state index contributed by atoms with van der Waals surface area (Å²) >= 11 is 5.83. The molecule has 5 nitrogen and oxygen atoms in total. The van der Waals surface area contributed by atoms with Gasteiger partial charge in [-0.25, -0.2) is 0 Å². The van der Waals surface area contributed by atoms with E-state index in [9.17, 15) is 4.79 Å². The van der Waals surface area contributed by atoms with Crippen molar-refractivity contribution in [3.05, 3.63) is 11.9 Å². The number of carbonyl (C=O) groups is 1. The molecule has 1 aliphatic rings. The molecule has 1 heterocycles. The Morgan fingerprint density at radius 1 is 1.67 bits per heavy atom. The largest absolute Gasteiger partial charge is 0.348 e. The van der Waals surface area contributed by atoms with Gasteiger partial charge in [-0.15, -0.1) is 11.6 Å². The van der Waals surface area contributed by atoms with E-state index in [0.29, 0.717) is 17.5 Å². The summed E-state index contributed by atoms with van der Waals surface area (Å²) in [7, 11) is 0. The Kier molecular flexibility index (Phi) is 3.20. The highest BCUT2D eigenvalue weighted by Gasteiger charge is 2.28. The minimum Gasteiger partial charge on any atom is -0.348 e. The van der Waals surface area contributed by atoms with Crippen molar-refractivity contribution >= 4 is 17.5 Å². The number of hydrogen-bond donors (Lipinski definition) is 2. The van der Waals surface area contributed by atoms with Gasteiger partial charge in [0.25, 0.3) is 5.91 Å². The van der Waals surface area contributed by atoms with Gasteiger partial charge in [0, 0.05) is 11.9 Å². The molecule has 0 aliphatic heterocycles. The Balaban J connectivity index is 1.94. The van der Waals surface area contributed by atoms with E-state index >= 15 is 0 Å². The highest BCUT2D eigenvalue weighted by molar-refractivity contribution is 6.18. The van der Waals surface area contributed by atoms with E-state index in [0.717, 1.165) is 19.3 Å². The Labute approximate surface area is 92.6 Å². The molecule has 2 rings (SSSR count). The topological polar surface area (TPSA) is 70.7 Å². The standard InChI is InChI=1S/C9H13ClN4O/c10-4-6-2-1-3-7(6)12-9(15)8-5-11-14-13-8/h5-7H,1-4H2,(H,12,15)(H,11,13,14). The number of aromatic amines is 1. The Morgan fingerprint density at radius 2 is 2.53 bits per heavy atom. The van der Waals surface area contributed by atoms with E-state index in [1.165, 1.54) is 6.20 Å². The molecule has 15 heavy (non-hydrogen) atoms. The summed E-state index contributed by atoms with van der Waals surface area (Å²) in [6.45, 7) is 0. The maximum Gasteiger partial charge on any atom is 0.273 e. The molecular formula is C9H13ClN4O. The number of nitrogens with one attached hydrogen (secondary N) is 2. The fourth-order valence-corrected chi connectivity index (χ4v) is 2.33. The molecule has 2 atom stereocenters. The van der Waals surface area contributed by atoms with Crippen molar-refractivity contribution in [3.8, 4) is 0 Å². The van der Waals surface area contributed by atoms with Gasteiger partial charge in [-0.1, -0.05) is 6.42 Å². The minimum absolute atomic E-state index is 0.175. The molecule has 82 valence electrons. The normalized spacial score (nSPS) is 25.4. The molecule has 6 heteroatoms. The van der Waals surface area contributed by atoms with Crippen LogP contribution in [0.4, 0.5) is 0 Å². The van der Waals surface area contributed by atoms with Crippen LogP contribution in [-0.2, 0) is 0 Å². The number of nitrogens with zero attached hydrogens (tertiary/aromatic N) is 2. The molecule has 0 saturated heterocycles. The number of aromatic nitrogens is 3. The molecule has 1 fully saturated rings. The van der Waals surface area contributed by atoms with Crippen LogP contribution in [0.25, 0.3) is 0 Å². The molecule has 0 bridgehead atoms. The van der Waals surface area contributed by atoms with E-state index in [1.54, 1.807) is 0 Å². The third-order valence-electron chi connectivity index (χ3n) is 2.82. The predicted octanol–water partition coefficient (Wildman–Crippen LogP) is 0.942. The van der Waals surface area contributed by atoms with Gasteiger partial charge in [-0.05, 0) is 18.8 Å². The number of H-pyrrole nitrogens is 1. The summed E-state index contributed by atoms with van der Waals surface area (Å²) in [5.74, 6) is 0.817. The number of carbonyl (C=O) groups excluding carboxylic acids is 1. The maximum absolute atomic E-state index is 11.6. The third kappa shape index (κ3) is 2.28. The monoisotopic (exact) mass is 228 g/mol. The van der Waals surface area contributed by atoms with Crippen molar-refractivity contribution in [2.75, 3.05) is 5.88 Å². The minimum atomic E-state index is -0.175. The first-order valence-corrected chi connectivity index (χ1v) is 5.57. The number of amides is 1. The summed E-state index contributed by atoms with van der Waals surface area (Å²) in [4.78, 5) is 11.6.